The van der Waals surface area contributed by atoms with Crippen LogP contribution in [0.25, 0.3) is 0 Å². The van der Waals surface area contributed by atoms with Gasteiger partial charge in [-0.25, -0.2) is 0 Å². The van der Waals surface area contributed by atoms with E-state index in [1.807, 2.05) is 0 Å². The number of hydrogen-bond acceptors (Lipinski definition) is 2. The number of carbonyl (C=O) groups is 1. The zero-order chi connectivity index (χ0) is 8.72. The summed E-state index contributed by atoms with van der Waals surface area (Å²) < 4.78 is 0. The lowest BCUT2D eigenvalue weighted by molar-refractivity contribution is -0.118. The van der Waals surface area contributed by atoms with Gasteiger partial charge in [0, 0.05) is 25.6 Å². The van der Waals surface area contributed by atoms with Crippen LogP contribution in [0.15, 0.2) is 0 Å². The highest BCUT2D eigenvalue weighted by atomic mass is 16.1. The average molecular weight is 167 g/mol. The molecule has 2 heteroatoms. The molecule has 2 aliphatic rings. The Kier molecular flexibility index (Phi) is 1.95. The monoisotopic (exact) mass is 167 g/mol. The first-order valence-corrected chi connectivity index (χ1v) is 4.90. The van der Waals surface area contributed by atoms with Gasteiger partial charge < -0.3 is 0 Å². The number of likely N-dealkylation sites (tertiary alicyclic amines) is 1. The van der Waals surface area contributed by atoms with Crippen molar-refractivity contribution < 1.29 is 4.79 Å². The first kappa shape index (κ1) is 8.24. The quantitative estimate of drug-likeness (QED) is 0.631. The molecule has 3 unspecified atom stereocenters. The molecule has 0 aromatic rings. The van der Waals surface area contributed by atoms with Crippen molar-refractivity contribution in [2.45, 2.75) is 32.7 Å². The fraction of sp³-hybridized carbons (Fsp3) is 0.900. The lowest BCUT2D eigenvalue weighted by Crippen LogP contribution is -2.33. The van der Waals surface area contributed by atoms with Gasteiger partial charge in [0.15, 0.2) is 0 Å². The van der Waals surface area contributed by atoms with Crippen LogP contribution in [0, 0.1) is 11.8 Å². The van der Waals surface area contributed by atoms with Gasteiger partial charge in [-0.3, -0.25) is 9.69 Å². The summed E-state index contributed by atoms with van der Waals surface area (Å²) in [5.74, 6) is 2.29. The molecule has 68 valence electrons. The van der Waals surface area contributed by atoms with E-state index in [0.29, 0.717) is 11.8 Å². The third-order valence-electron chi connectivity index (χ3n) is 3.21. The molecular formula is C10H17NO. The van der Waals surface area contributed by atoms with Gasteiger partial charge in [0.1, 0.15) is 5.78 Å². The second-order valence-corrected chi connectivity index (χ2v) is 4.46. The van der Waals surface area contributed by atoms with Gasteiger partial charge in [-0.2, -0.15) is 0 Å². The van der Waals surface area contributed by atoms with Crippen molar-refractivity contribution in [3.63, 3.8) is 0 Å². The maximum atomic E-state index is 10.9. The fourth-order valence-corrected chi connectivity index (χ4v) is 2.34. The first-order valence-electron chi connectivity index (χ1n) is 4.90. The summed E-state index contributed by atoms with van der Waals surface area (Å²) in [6.07, 6.45) is 2.18. The number of rotatable bonds is 3. The van der Waals surface area contributed by atoms with E-state index in [-0.39, 0.29) is 0 Å². The number of fused-ring (bicyclic) bond motifs is 1. The van der Waals surface area contributed by atoms with Gasteiger partial charge in [0.25, 0.3) is 0 Å². The van der Waals surface area contributed by atoms with Crippen molar-refractivity contribution in [2.24, 2.45) is 11.8 Å². The van der Waals surface area contributed by atoms with Crippen LogP contribution in [0.2, 0.25) is 0 Å². The molecule has 12 heavy (non-hydrogen) atoms. The SMILES string of the molecule is CC(=O)CC(C)N1CC2CC2C1. The molecule has 1 saturated carbocycles. The molecule has 0 aromatic carbocycles. The Labute approximate surface area is 73.9 Å². The van der Waals surface area contributed by atoms with E-state index >= 15 is 0 Å². The van der Waals surface area contributed by atoms with Crippen molar-refractivity contribution in [3.05, 3.63) is 0 Å². The summed E-state index contributed by atoms with van der Waals surface area (Å²) in [7, 11) is 0. The van der Waals surface area contributed by atoms with Gasteiger partial charge >= 0.3 is 0 Å². The molecular weight excluding hydrogens is 150 g/mol. The van der Waals surface area contributed by atoms with Crippen LogP contribution >= 0.6 is 0 Å². The molecule has 1 saturated heterocycles. The van der Waals surface area contributed by atoms with Crippen molar-refractivity contribution in [1.29, 1.82) is 0 Å². The van der Waals surface area contributed by atoms with Gasteiger partial charge in [0.2, 0.25) is 0 Å². The van der Waals surface area contributed by atoms with Crippen LogP contribution in [0.4, 0.5) is 0 Å². The molecule has 1 aliphatic carbocycles. The summed E-state index contributed by atoms with van der Waals surface area (Å²) in [4.78, 5) is 13.3. The molecule has 0 bridgehead atoms. The molecule has 2 rings (SSSR count). The van der Waals surface area contributed by atoms with E-state index in [2.05, 4.69) is 11.8 Å². The van der Waals surface area contributed by atoms with E-state index in [1.54, 1.807) is 6.92 Å². The smallest absolute Gasteiger partial charge is 0.131 e. The maximum Gasteiger partial charge on any atom is 0.131 e. The van der Waals surface area contributed by atoms with E-state index in [1.165, 1.54) is 19.5 Å². The maximum absolute atomic E-state index is 10.9. The Balaban J connectivity index is 1.80. The van der Waals surface area contributed by atoms with Crippen LogP contribution in [-0.4, -0.2) is 29.8 Å². The summed E-state index contributed by atoms with van der Waals surface area (Å²) in [6, 6.07) is 0.482. The lowest BCUT2D eigenvalue weighted by Gasteiger charge is -2.24. The van der Waals surface area contributed by atoms with E-state index in [4.69, 9.17) is 0 Å². The summed E-state index contributed by atoms with van der Waals surface area (Å²) in [5, 5.41) is 0. The number of nitrogens with zero attached hydrogens (tertiary/aromatic N) is 1. The topological polar surface area (TPSA) is 20.3 Å². The zero-order valence-electron chi connectivity index (χ0n) is 7.92. The molecule has 1 aliphatic heterocycles. The molecule has 2 fully saturated rings. The summed E-state index contributed by atoms with van der Waals surface area (Å²) in [5.41, 5.74) is 0. The van der Waals surface area contributed by atoms with Crippen molar-refractivity contribution in [3.8, 4) is 0 Å². The van der Waals surface area contributed by atoms with E-state index < -0.39 is 0 Å². The number of carbonyl (C=O) groups excluding carboxylic acids is 1. The van der Waals surface area contributed by atoms with Crippen LogP contribution in [0.5, 0.6) is 0 Å². The molecule has 1 heterocycles. The standard InChI is InChI=1S/C10H17NO/c1-7(3-8(2)12)11-5-9-4-10(9)6-11/h7,9-10H,3-6H2,1-2H3. The predicted octanol–water partition coefficient (Wildman–Crippen LogP) is 1.31. The second kappa shape index (κ2) is 2.84. The van der Waals surface area contributed by atoms with E-state index in [0.717, 1.165) is 18.3 Å². The number of hydrogen-bond donors (Lipinski definition) is 0. The number of piperidine rings is 1. The third kappa shape index (κ3) is 1.53. The Morgan fingerprint density at radius 3 is 2.58 bits per heavy atom. The second-order valence-electron chi connectivity index (χ2n) is 4.46. The van der Waals surface area contributed by atoms with Crippen molar-refractivity contribution in [2.75, 3.05) is 13.1 Å². The minimum Gasteiger partial charge on any atom is -0.300 e. The largest absolute Gasteiger partial charge is 0.300 e. The van der Waals surface area contributed by atoms with Crippen LogP contribution < -0.4 is 0 Å². The van der Waals surface area contributed by atoms with Gasteiger partial charge in [0.05, 0.1) is 0 Å². The zero-order valence-corrected chi connectivity index (χ0v) is 7.92. The van der Waals surface area contributed by atoms with Crippen LogP contribution in [-0.2, 0) is 4.79 Å². The molecule has 3 atom stereocenters. The predicted molar refractivity (Wildman–Crippen MR) is 47.9 cm³/mol. The Morgan fingerprint density at radius 1 is 1.50 bits per heavy atom. The highest BCUT2D eigenvalue weighted by Crippen LogP contribution is 2.45. The molecule has 0 aromatic heterocycles. The fourth-order valence-electron chi connectivity index (χ4n) is 2.34. The molecule has 0 amide bonds. The normalized spacial score (nSPS) is 36.2. The third-order valence-corrected chi connectivity index (χ3v) is 3.21. The first-order chi connectivity index (χ1) is 5.66. The molecule has 0 spiro atoms. The molecule has 2 nitrogen and oxygen atoms in total. The number of ketones is 1. The van der Waals surface area contributed by atoms with Gasteiger partial charge in [-0.1, -0.05) is 0 Å². The summed E-state index contributed by atoms with van der Waals surface area (Å²) >= 11 is 0. The van der Waals surface area contributed by atoms with Crippen LogP contribution in [0.1, 0.15) is 26.7 Å². The number of Topliss-reactive ketones (excluding diaryl/α,β-unsaturated/α-hetero) is 1. The Morgan fingerprint density at radius 2 is 2.08 bits per heavy atom. The minimum atomic E-state index is 0.322. The summed E-state index contributed by atoms with van der Waals surface area (Å²) in [6.45, 7) is 6.36. The van der Waals surface area contributed by atoms with Crippen molar-refractivity contribution >= 4 is 5.78 Å². The average Bonchev–Trinajstić information content (AvgIpc) is 2.57. The van der Waals surface area contributed by atoms with Crippen molar-refractivity contribution in [1.82, 2.24) is 4.90 Å². The highest BCUT2D eigenvalue weighted by molar-refractivity contribution is 5.76. The van der Waals surface area contributed by atoms with Gasteiger partial charge in [-0.05, 0) is 32.1 Å². The van der Waals surface area contributed by atoms with Gasteiger partial charge in [-0.15, -0.1) is 0 Å². The highest BCUT2D eigenvalue weighted by Gasteiger charge is 2.45. The van der Waals surface area contributed by atoms with Crippen LogP contribution in [0.3, 0.4) is 0 Å². The van der Waals surface area contributed by atoms with E-state index in [9.17, 15) is 4.79 Å². The lowest BCUT2D eigenvalue weighted by atomic mass is 10.1. The minimum absolute atomic E-state index is 0.322. The molecule has 0 radical (unpaired) electrons. The Hall–Kier alpha value is -0.370. The molecule has 0 N–H and O–H groups in total. The Bertz CT molecular complexity index is 192.